The van der Waals surface area contributed by atoms with E-state index in [1.54, 1.807) is 26.0 Å². The lowest BCUT2D eigenvalue weighted by atomic mass is 10.1. The second-order valence-electron chi connectivity index (χ2n) is 5.00. The zero-order valence-corrected chi connectivity index (χ0v) is 14.4. The second kappa shape index (κ2) is 7.47. The van der Waals surface area contributed by atoms with Gasteiger partial charge in [0.25, 0.3) is 5.69 Å². The van der Waals surface area contributed by atoms with E-state index in [2.05, 4.69) is 0 Å². The van der Waals surface area contributed by atoms with Gasteiger partial charge in [-0.25, -0.2) is 0 Å². The van der Waals surface area contributed by atoms with Gasteiger partial charge in [0.2, 0.25) is 0 Å². The fraction of sp³-hybridized carbons (Fsp3) is 0.250. The molecular formula is C16H18Cl2N2O2. The number of aryl methyl sites for hydroxylation is 2. The van der Waals surface area contributed by atoms with Gasteiger partial charge in [0.15, 0.2) is 0 Å². The van der Waals surface area contributed by atoms with Crippen LogP contribution < -0.4 is 5.73 Å². The molecule has 0 aliphatic heterocycles. The largest absolute Gasteiger partial charge is 0.398 e. The van der Waals surface area contributed by atoms with Crippen molar-refractivity contribution in [1.29, 1.82) is 0 Å². The zero-order chi connectivity index (χ0) is 17.0. The highest BCUT2D eigenvalue weighted by Gasteiger charge is 2.15. The quantitative estimate of drug-likeness (QED) is 0.429. The van der Waals surface area contributed by atoms with Crippen molar-refractivity contribution in [1.82, 2.24) is 0 Å². The molecule has 0 amide bonds. The summed E-state index contributed by atoms with van der Waals surface area (Å²) < 4.78 is 0. The molecule has 0 bridgehead atoms. The predicted octanol–water partition coefficient (Wildman–Crippen LogP) is 5.40. The molecule has 0 saturated carbocycles. The predicted molar refractivity (Wildman–Crippen MR) is 92.9 cm³/mol. The van der Waals surface area contributed by atoms with Crippen molar-refractivity contribution >= 4 is 34.6 Å². The summed E-state index contributed by atoms with van der Waals surface area (Å²) in [5, 5.41) is 11.7. The van der Waals surface area contributed by atoms with Crippen molar-refractivity contribution < 1.29 is 4.92 Å². The van der Waals surface area contributed by atoms with Crippen LogP contribution in [0.2, 0.25) is 10.0 Å². The molecule has 22 heavy (non-hydrogen) atoms. The Balaban J connectivity index is 0.000000224. The average Bonchev–Trinajstić information content (AvgIpc) is 2.46. The number of halogens is 2. The van der Waals surface area contributed by atoms with E-state index in [4.69, 9.17) is 28.9 Å². The molecule has 0 unspecified atom stereocenters. The van der Waals surface area contributed by atoms with Crippen LogP contribution in [0.25, 0.3) is 0 Å². The van der Waals surface area contributed by atoms with Crippen molar-refractivity contribution in [3.63, 3.8) is 0 Å². The fourth-order valence-electron chi connectivity index (χ4n) is 1.93. The molecule has 2 aromatic rings. The third kappa shape index (κ3) is 4.12. The SMILES string of the molecule is Cc1ccc(Cl)c(C)c1N.Cc1ccc(Cl)c(C)c1[N+](=O)[O-]. The topological polar surface area (TPSA) is 69.2 Å². The summed E-state index contributed by atoms with van der Waals surface area (Å²) >= 11 is 11.5. The summed E-state index contributed by atoms with van der Waals surface area (Å²) in [5.41, 5.74) is 9.84. The maximum Gasteiger partial charge on any atom is 0.276 e. The van der Waals surface area contributed by atoms with Gasteiger partial charge in [0.05, 0.1) is 9.95 Å². The molecule has 0 saturated heterocycles. The van der Waals surface area contributed by atoms with E-state index in [9.17, 15) is 10.1 Å². The lowest BCUT2D eigenvalue weighted by Gasteiger charge is -2.04. The van der Waals surface area contributed by atoms with Crippen molar-refractivity contribution in [2.75, 3.05) is 5.73 Å². The third-order valence-corrected chi connectivity index (χ3v) is 4.23. The van der Waals surface area contributed by atoms with Gasteiger partial charge < -0.3 is 5.73 Å². The molecular weight excluding hydrogens is 323 g/mol. The number of anilines is 1. The third-order valence-electron chi connectivity index (χ3n) is 3.42. The van der Waals surface area contributed by atoms with Crippen molar-refractivity contribution in [2.24, 2.45) is 0 Å². The Morgan fingerprint density at radius 2 is 1.36 bits per heavy atom. The van der Waals surface area contributed by atoms with Crippen LogP contribution in [0.5, 0.6) is 0 Å². The number of nitro benzene ring substituents is 1. The van der Waals surface area contributed by atoms with Crippen LogP contribution in [0.4, 0.5) is 11.4 Å². The molecule has 2 rings (SSSR count). The maximum atomic E-state index is 10.5. The Labute approximate surface area is 140 Å². The van der Waals surface area contributed by atoms with E-state index >= 15 is 0 Å². The number of hydrogen-bond acceptors (Lipinski definition) is 3. The number of rotatable bonds is 1. The van der Waals surface area contributed by atoms with E-state index < -0.39 is 4.92 Å². The Morgan fingerprint density at radius 3 is 1.77 bits per heavy atom. The van der Waals surface area contributed by atoms with Crippen LogP contribution in [-0.2, 0) is 0 Å². The first-order valence-electron chi connectivity index (χ1n) is 6.58. The first-order valence-corrected chi connectivity index (χ1v) is 7.33. The molecule has 0 aliphatic rings. The molecule has 0 spiro atoms. The highest BCUT2D eigenvalue weighted by molar-refractivity contribution is 6.32. The van der Waals surface area contributed by atoms with Crippen molar-refractivity contribution in [2.45, 2.75) is 27.7 Å². The van der Waals surface area contributed by atoms with Gasteiger partial charge in [-0.15, -0.1) is 0 Å². The van der Waals surface area contributed by atoms with E-state index in [1.165, 1.54) is 0 Å². The Hall–Kier alpha value is -1.78. The van der Waals surface area contributed by atoms with Crippen LogP contribution >= 0.6 is 23.2 Å². The Bertz CT molecular complexity index is 689. The maximum absolute atomic E-state index is 10.5. The second-order valence-corrected chi connectivity index (χ2v) is 5.81. The number of hydrogen-bond donors (Lipinski definition) is 1. The van der Waals surface area contributed by atoms with Gasteiger partial charge in [-0.3, -0.25) is 10.1 Å². The lowest BCUT2D eigenvalue weighted by molar-refractivity contribution is -0.386. The molecule has 2 aromatic carbocycles. The summed E-state index contributed by atoms with van der Waals surface area (Å²) in [7, 11) is 0. The Morgan fingerprint density at radius 1 is 0.909 bits per heavy atom. The molecule has 2 N–H and O–H groups in total. The molecule has 0 aliphatic carbocycles. The summed E-state index contributed by atoms with van der Waals surface area (Å²) in [6, 6.07) is 7.10. The van der Waals surface area contributed by atoms with Gasteiger partial charge >= 0.3 is 0 Å². The standard InChI is InChI=1S/C8H8ClNO2.C8H10ClN/c1-5-3-4-7(9)6(2)8(5)10(11)12;1-5-3-4-7(9)6(2)8(5)10/h3-4H,1-2H3;3-4H,10H2,1-2H3. The van der Waals surface area contributed by atoms with E-state index in [0.29, 0.717) is 16.1 Å². The lowest BCUT2D eigenvalue weighted by Crippen LogP contribution is -1.95. The molecule has 0 radical (unpaired) electrons. The minimum atomic E-state index is -0.406. The van der Waals surface area contributed by atoms with Gasteiger partial charge in [0.1, 0.15) is 0 Å². The van der Waals surface area contributed by atoms with Gasteiger partial charge in [-0.2, -0.15) is 0 Å². The van der Waals surface area contributed by atoms with Crippen LogP contribution in [0.1, 0.15) is 22.3 Å². The van der Waals surface area contributed by atoms with Crippen molar-refractivity contribution in [3.05, 3.63) is 66.7 Å². The average molecular weight is 341 g/mol. The van der Waals surface area contributed by atoms with Crippen LogP contribution in [0, 0.1) is 37.8 Å². The van der Waals surface area contributed by atoms with Crippen LogP contribution in [0.3, 0.4) is 0 Å². The molecule has 0 heterocycles. The number of nitro groups is 1. The summed E-state index contributed by atoms with van der Waals surface area (Å²) in [6.07, 6.45) is 0. The summed E-state index contributed by atoms with van der Waals surface area (Å²) in [5.74, 6) is 0. The molecule has 0 aromatic heterocycles. The first kappa shape index (κ1) is 18.3. The molecule has 4 nitrogen and oxygen atoms in total. The number of benzene rings is 2. The summed E-state index contributed by atoms with van der Waals surface area (Å²) in [4.78, 5) is 10.1. The fourth-order valence-corrected chi connectivity index (χ4v) is 2.25. The molecule has 0 fully saturated rings. The van der Waals surface area contributed by atoms with E-state index in [-0.39, 0.29) is 5.69 Å². The smallest absolute Gasteiger partial charge is 0.276 e. The van der Waals surface area contributed by atoms with Crippen LogP contribution in [0.15, 0.2) is 24.3 Å². The minimum absolute atomic E-state index is 0.113. The molecule has 118 valence electrons. The first-order chi connectivity index (χ1) is 10.2. The van der Waals surface area contributed by atoms with Crippen molar-refractivity contribution in [3.8, 4) is 0 Å². The molecule has 6 heteroatoms. The molecule has 0 atom stereocenters. The van der Waals surface area contributed by atoms with E-state index in [1.807, 2.05) is 26.0 Å². The zero-order valence-electron chi connectivity index (χ0n) is 12.9. The van der Waals surface area contributed by atoms with Gasteiger partial charge in [-0.1, -0.05) is 35.3 Å². The number of nitrogen functional groups attached to an aromatic ring is 1. The number of nitrogens with two attached hydrogens (primary N) is 1. The van der Waals surface area contributed by atoms with Gasteiger partial charge in [-0.05, 0) is 51.0 Å². The van der Waals surface area contributed by atoms with E-state index in [0.717, 1.165) is 21.8 Å². The Kier molecular flexibility index (Phi) is 6.21. The van der Waals surface area contributed by atoms with Gasteiger partial charge in [0, 0.05) is 21.8 Å². The highest BCUT2D eigenvalue weighted by atomic mass is 35.5. The number of nitrogens with zero attached hydrogens (tertiary/aromatic N) is 1. The highest BCUT2D eigenvalue weighted by Crippen LogP contribution is 2.28. The normalized spacial score (nSPS) is 9.91. The van der Waals surface area contributed by atoms with Crippen LogP contribution in [-0.4, -0.2) is 4.92 Å². The monoisotopic (exact) mass is 340 g/mol. The minimum Gasteiger partial charge on any atom is -0.398 e. The summed E-state index contributed by atoms with van der Waals surface area (Å²) in [6.45, 7) is 7.23.